The van der Waals surface area contributed by atoms with Crippen molar-refractivity contribution < 1.29 is 9.59 Å². The van der Waals surface area contributed by atoms with Crippen molar-refractivity contribution in [1.82, 2.24) is 0 Å². The predicted molar refractivity (Wildman–Crippen MR) is 105 cm³/mol. The molecule has 0 bridgehead atoms. The normalized spacial score (nSPS) is 12.1. The number of hydrogen-bond acceptors (Lipinski definition) is 2. The molecule has 0 amide bonds. The summed E-state index contributed by atoms with van der Waals surface area (Å²) < 4.78 is 0. The molecule has 0 aliphatic heterocycles. The summed E-state index contributed by atoms with van der Waals surface area (Å²) >= 11 is 6.58. The van der Waals surface area contributed by atoms with Gasteiger partial charge >= 0.3 is 0 Å². The molecule has 24 heavy (non-hydrogen) atoms. The van der Waals surface area contributed by atoms with Gasteiger partial charge in [-0.15, -0.1) is 0 Å². The number of carbonyl (C=O) groups excluding carboxylic acids is 2. The molecule has 0 saturated carbocycles. The first-order chi connectivity index (χ1) is 11.7. The van der Waals surface area contributed by atoms with E-state index in [1.54, 1.807) is 0 Å². The number of benzene rings is 3. The molecule has 0 fully saturated rings. The van der Waals surface area contributed by atoms with Gasteiger partial charge in [0.15, 0.2) is 5.78 Å². The van der Waals surface area contributed by atoms with Crippen LogP contribution < -0.4 is 0 Å². The lowest BCUT2D eigenvalue weighted by Gasteiger charge is -2.11. The molecule has 0 radical (unpaired) electrons. The van der Waals surface area contributed by atoms with Crippen LogP contribution in [0.2, 0.25) is 0 Å². The average molecular weight is 446 g/mol. The molecule has 0 N–H and O–H groups in total. The van der Waals surface area contributed by atoms with E-state index in [9.17, 15) is 9.59 Å². The van der Waals surface area contributed by atoms with Crippen LogP contribution in [0.25, 0.3) is 21.9 Å². The molecule has 3 aromatic carbocycles. The lowest BCUT2D eigenvalue weighted by atomic mass is 9.94. The summed E-state index contributed by atoms with van der Waals surface area (Å²) in [5.41, 5.74) is 3.77. The molecule has 0 aliphatic carbocycles. The van der Waals surface area contributed by atoms with Crippen molar-refractivity contribution in [3.8, 4) is 11.1 Å². The van der Waals surface area contributed by atoms with Gasteiger partial charge in [0.05, 0.1) is 10.2 Å². The van der Waals surface area contributed by atoms with Gasteiger partial charge in [-0.1, -0.05) is 92.5 Å². The largest absolute Gasteiger partial charge is 0.302 e. The summed E-state index contributed by atoms with van der Waals surface area (Å²) in [7, 11) is 0. The van der Waals surface area contributed by atoms with E-state index < -0.39 is 0 Å². The number of halogens is 2. The Kier molecular flexibility index (Phi) is 5.27. The third-order valence-corrected chi connectivity index (χ3v) is 5.26. The number of ketones is 1. The van der Waals surface area contributed by atoms with E-state index in [1.807, 2.05) is 60.7 Å². The fourth-order valence-electron chi connectivity index (χ4n) is 2.80. The highest BCUT2D eigenvalue weighted by molar-refractivity contribution is 9.09. The van der Waals surface area contributed by atoms with E-state index in [0.29, 0.717) is 5.33 Å². The van der Waals surface area contributed by atoms with Crippen molar-refractivity contribution >= 4 is 54.7 Å². The minimum absolute atomic E-state index is 0.0706. The number of alkyl halides is 2. The summed E-state index contributed by atoms with van der Waals surface area (Å²) in [4.78, 5) is 22.7. The molecule has 4 heteroatoms. The molecule has 0 aromatic heterocycles. The molecular weight excluding hydrogens is 432 g/mol. The Morgan fingerprint density at radius 2 is 1.62 bits per heavy atom. The van der Waals surface area contributed by atoms with Crippen LogP contribution in [0.1, 0.15) is 20.7 Å². The summed E-state index contributed by atoms with van der Waals surface area (Å²) in [5, 5.41) is 2.31. The van der Waals surface area contributed by atoms with Crippen LogP contribution in [0, 0.1) is 0 Å². The van der Waals surface area contributed by atoms with Crippen molar-refractivity contribution in [2.45, 2.75) is 4.83 Å². The standard InChI is InChI=1S/C20H14Br2O2/c21-11-20(24)18-6-2-4-16-15(3-1-5-17(16)18)13-7-9-14(10-8-13)19(22)12-23/h1-10,12,19H,11H2. The Morgan fingerprint density at radius 1 is 0.958 bits per heavy atom. The fraction of sp³-hybridized carbons (Fsp3) is 0.100. The topological polar surface area (TPSA) is 34.1 Å². The second-order valence-corrected chi connectivity index (χ2v) is 6.97. The summed E-state index contributed by atoms with van der Waals surface area (Å²) in [6.45, 7) is 0. The molecule has 2 nitrogen and oxygen atoms in total. The van der Waals surface area contributed by atoms with Crippen molar-refractivity contribution in [3.63, 3.8) is 0 Å². The highest BCUT2D eigenvalue weighted by Gasteiger charge is 2.12. The fourth-order valence-corrected chi connectivity index (χ4v) is 3.41. The van der Waals surface area contributed by atoms with Crippen LogP contribution in [0.4, 0.5) is 0 Å². The second-order valence-electron chi connectivity index (χ2n) is 5.42. The maximum absolute atomic E-state index is 12.1. The van der Waals surface area contributed by atoms with Crippen LogP contribution in [0.3, 0.4) is 0 Å². The number of fused-ring (bicyclic) bond motifs is 1. The molecule has 0 aliphatic rings. The van der Waals surface area contributed by atoms with Gasteiger partial charge in [-0.2, -0.15) is 0 Å². The first kappa shape index (κ1) is 17.1. The smallest absolute Gasteiger partial charge is 0.173 e. The highest BCUT2D eigenvalue weighted by Crippen LogP contribution is 2.32. The number of carbonyl (C=O) groups is 2. The van der Waals surface area contributed by atoms with Crippen molar-refractivity contribution in [1.29, 1.82) is 0 Å². The zero-order chi connectivity index (χ0) is 17.1. The van der Waals surface area contributed by atoms with Crippen LogP contribution in [-0.4, -0.2) is 17.4 Å². The summed E-state index contributed by atoms with van der Waals surface area (Å²) in [6.07, 6.45) is 0.866. The Labute approximate surface area is 157 Å². The number of aldehydes is 1. The van der Waals surface area contributed by atoms with Gasteiger partial charge in [-0.05, 0) is 27.5 Å². The van der Waals surface area contributed by atoms with E-state index in [-0.39, 0.29) is 10.6 Å². The first-order valence-corrected chi connectivity index (χ1v) is 9.50. The Hall–Kier alpha value is -1.78. The zero-order valence-electron chi connectivity index (χ0n) is 12.7. The SMILES string of the molecule is O=CC(Br)c1ccc(-c2cccc3c(C(=O)CBr)cccc23)cc1. The van der Waals surface area contributed by atoms with Crippen LogP contribution in [0.15, 0.2) is 60.7 Å². The summed E-state index contributed by atoms with van der Waals surface area (Å²) in [6, 6.07) is 19.7. The maximum Gasteiger partial charge on any atom is 0.173 e. The van der Waals surface area contributed by atoms with E-state index in [1.165, 1.54) is 0 Å². The Balaban J connectivity index is 2.13. The van der Waals surface area contributed by atoms with Gasteiger partial charge in [0.1, 0.15) is 6.29 Å². The minimum Gasteiger partial charge on any atom is -0.302 e. The van der Waals surface area contributed by atoms with E-state index in [4.69, 9.17) is 0 Å². The Bertz CT molecular complexity index is 901. The van der Waals surface area contributed by atoms with E-state index in [2.05, 4.69) is 31.9 Å². The van der Waals surface area contributed by atoms with Crippen LogP contribution in [0.5, 0.6) is 0 Å². The van der Waals surface area contributed by atoms with Crippen molar-refractivity contribution in [3.05, 3.63) is 71.8 Å². The molecule has 3 aromatic rings. The van der Waals surface area contributed by atoms with Crippen LogP contribution in [-0.2, 0) is 4.79 Å². The van der Waals surface area contributed by atoms with E-state index in [0.717, 1.165) is 39.3 Å². The number of rotatable bonds is 5. The van der Waals surface area contributed by atoms with Gasteiger partial charge < -0.3 is 4.79 Å². The predicted octanol–water partition coefficient (Wildman–Crippen LogP) is 5.72. The molecule has 0 spiro atoms. The average Bonchev–Trinajstić information content (AvgIpc) is 2.66. The van der Waals surface area contributed by atoms with Gasteiger partial charge in [0.2, 0.25) is 0 Å². The molecule has 1 atom stereocenters. The van der Waals surface area contributed by atoms with Gasteiger partial charge in [0.25, 0.3) is 0 Å². The Morgan fingerprint density at radius 3 is 2.29 bits per heavy atom. The molecule has 120 valence electrons. The van der Waals surface area contributed by atoms with Crippen LogP contribution >= 0.6 is 31.9 Å². The number of hydrogen-bond donors (Lipinski definition) is 0. The van der Waals surface area contributed by atoms with Gasteiger partial charge in [-0.25, -0.2) is 0 Å². The molecule has 3 rings (SSSR count). The second kappa shape index (κ2) is 7.41. The van der Waals surface area contributed by atoms with Gasteiger partial charge in [-0.3, -0.25) is 4.79 Å². The molecule has 0 saturated heterocycles. The number of Topliss-reactive ketones (excluding diaryl/α,β-unsaturated/α-hetero) is 1. The third-order valence-electron chi connectivity index (χ3n) is 4.00. The van der Waals surface area contributed by atoms with E-state index >= 15 is 0 Å². The quantitative estimate of drug-likeness (QED) is 0.286. The molecular formula is C20H14Br2O2. The minimum atomic E-state index is -0.290. The summed E-state index contributed by atoms with van der Waals surface area (Å²) in [5.74, 6) is 0.0706. The highest BCUT2D eigenvalue weighted by atomic mass is 79.9. The maximum atomic E-state index is 12.1. The third kappa shape index (κ3) is 3.21. The lowest BCUT2D eigenvalue weighted by Crippen LogP contribution is -2.00. The monoisotopic (exact) mass is 444 g/mol. The first-order valence-electron chi connectivity index (χ1n) is 7.46. The van der Waals surface area contributed by atoms with Crippen molar-refractivity contribution in [2.24, 2.45) is 0 Å². The van der Waals surface area contributed by atoms with Gasteiger partial charge in [0, 0.05) is 5.56 Å². The molecule has 1 unspecified atom stereocenters. The lowest BCUT2D eigenvalue weighted by molar-refractivity contribution is -0.107. The van der Waals surface area contributed by atoms with Crippen molar-refractivity contribution in [2.75, 3.05) is 5.33 Å². The zero-order valence-corrected chi connectivity index (χ0v) is 15.9. The molecule has 0 heterocycles.